The average Bonchev–Trinajstić information content (AvgIpc) is 2.95. The fourth-order valence-electron chi connectivity index (χ4n) is 1.34. The zero-order chi connectivity index (χ0) is 13.0. The quantitative estimate of drug-likeness (QED) is 0.897. The van der Waals surface area contributed by atoms with Crippen molar-refractivity contribution >= 4 is 22.2 Å². The molecule has 7 heteroatoms. The minimum atomic E-state index is -0.197. The van der Waals surface area contributed by atoms with E-state index >= 15 is 0 Å². The highest BCUT2D eigenvalue weighted by Gasteiger charge is 2.14. The number of nitrogens with one attached hydrogen (secondary N) is 1. The minimum absolute atomic E-state index is 0.0384. The van der Waals surface area contributed by atoms with Crippen molar-refractivity contribution in [3.63, 3.8) is 0 Å². The molecule has 0 bridgehead atoms. The van der Waals surface area contributed by atoms with Crippen LogP contribution >= 0.6 is 11.3 Å². The highest BCUT2D eigenvalue weighted by atomic mass is 32.1. The van der Waals surface area contributed by atoms with Gasteiger partial charge in [0.15, 0.2) is 5.82 Å². The monoisotopic (exact) mass is 267 g/mol. The van der Waals surface area contributed by atoms with Crippen LogP contribution in [0.3, 0.4) is 0 Å². The predicted octanol–water partition coefficient (Wildman–Crippen LogP) is 2.08. The summed E-state index contributed by atoms with van der Waals surface area (Å²) in [7, 11) is 0. The van der Waals surface area contributed by atoms with Gasteiger partial charge in [0.2, 0.25) is 0 Å². The molecular formula is C11H13N3O3S. The van der Waals surface area contributed by atoms with Crippen molar-refractivity contribution in [2.75, 3.05) is 18.5 Å². The fraction of sp³-hybridized carbons (Fsp3) is 0.364. The van der Waals surface area contributed by atoms with Gasteiger partial charge in [-0.2, -0.15) is 4.98 Å². The van der Waals surface area contributed by atoms with Gasteiger partial charge in [-0.1, -0.05) is 5.16 Å². The molecule has 2 aromatic heterocycles. The van der Waals surface area contributed by atoms with E-state index in [9.17, 15) is 4.79 Å². The van der Waals surface area contributed by atoms with Crippen molar-refractivity contribution in [1.82, 2.24) is 10.1 Å². The molecule has 0 aromatic carbocycles. The lowest BCUT2D eigenvalue weighted by atomic mass is 10.3. The van der Waals surface area contributed by atoms with Crippen molar-refractivity contribution in [3.05, 3.63) is 17.3 Å². The Kier molecular flexibility index (Phi) is 4.06. The molecule has 6 nitrogen and oxygen atoms in total. The molecule has 2 heterocycles. The van der Waals surface area contributed by atoms with Crippen molar-refractivity contribution in [3.8, 4) is 11.5 Å². The second-order valence-electron chi connectivity index (χ2n) is 3.50. The summed E-state index contributed by atoms with van der Waals surface area (Å²) in [5.74, 6) is 0.764. The smallest absolute Gasteiger partial charge is 0.260 e. The van der Waals surface area contributed by atoms with E-state index in [1.165, 1.54) is 11.3 Å². The van der Waals surface area contributed by atoms with E-state index in [2.05, 4.69) is 15.5 Å². The Bertz CT molecular complexity index is 535. The number of rotatable bonds is 5. The largest absolute Gasteiger partial charge is 0.372 e. The Morgan fingerprint density at radius 2 is 2.44 bits per heavy atom. The molecule has 0 saturated heterocycles. The van der Waals surface area contributed by atoms with Crippen LogP contribution in [0, 0.1) is 6.92 Å². The molecule has 0 fully saturated rings. The van der Waals surface area contributed by atoms with Gasteiger partial charge in [-0.3, -0.25) is 4.79 Å². The highest BCUT2D eigenvalue weighted by molar-refractivity contribution is 7.15. The van der Waals surface area contributed by atoms with Crippen LogP contribution in [0.2, 0.25) is 0 Å². The number of nitrogens with zero attached hydrogens (tertiary/aromatic N) is 2. The average molecular weight is 267 g/mol. The number of carbonyl (C=O) groups is 1. The summed E-state index contributed by atoms with van der Waals surface area (Å²) in [6, 6.07) is 1.83. The molecule has 2 aromatic rings. The van der Waals surface area contributed by atoms with Crippen molar-refractivity contribution in [2.24, 2.45) is 0 Å². The standard InChI is InChI=1S/C11H13N3O3S/c1-3-16-6-9(15)13-11-8(4-5-18-11)10-12-7(2)14-17-10/h4-5H,3,6H2,1-2H3,(H,13,15). The number of hydrogen-bond donors (Lipinski definition) is 1. The van der Waals surface area contributed by atoms with E-state index in [-0.39, 0.29) is 12.5 Å². The summed E-state index contributed by atoms with van der Waals surface area (Å²) in [6.45, 7) is 4.13. The SMILES string of the molecule is CCOCC(=O)Nc1sccc1-c1nc(C)no1. The lowest BCUT2D eigenvalue weighted by Gasteiger charge is -2.03. The predicted molar refractivity (Wildman–Crippen MR) is 67.5 cm³/mol. The summed E-state index contributed by atoms with van der Waals surface area (Å²) in [6.07, 6.45) is 0. The molecule has 0 spiro atoms. The third kappa shape index (κ3) is 2.93. The topological polar surface area (TPSA) is 77.2 Å². The maximum absolute atomic E-state index is 11.6. The number of hydrogen-bond acceptors (Lipinski definition) is 6. The second kappa shape index (κ2) is 5.74. The third-order valence-electron chi connectivity index (χ3n) is 2.11. The Balaban J connectivity index is 2.11. The highest BCUT2D eigenvalue weighted by Crippen LogP contribution is 2.31. The molecule has 0 aliphatic carbocycles. The number of anilines is 1. The van der Waals surface area contributed by atoms with Gasteiger partial charge < -0.3 is 14.6 Å². The Hall–Kier alpha value is -1.73. The summed E-state index contributed by atoms with van der Waals surface area (Å²) >= 11 is 1.40. The molecular weight excluding hydrogens is 254 g/mol. The second-order valence-corrected chi connectivity index (χ2v) is 4.41. The third-order valence-corrected chi connectivity index (χ3v) is 2.94. The van der Waals surface area contributed by atoms with Crippen LogP contribution in [0.25, 0.3) is 11.5 Å². The van der Waals surface area contributed by atoms with Crippen LogP contribution in [-0.4, -0.2) is 29.3 Å². The molecule has 1 N–H and O–H groups in total. The van der Waals surface area contributed by atoms with Crippen LogP contribution in [0.1, 0.15) is 12.7 Å². The maximum atomic E-state index is 11.6. The number of thiophene rings is 1. The molecule has 0 atom stereocenters. The zero-order valence-corrected chi connectivity index (χ0v) is 10.9. The lowest BCUT2D eigenvalue weighted by molar-refractivity contribution is -0.120. The lowest BCUT2D eigenvalue weighted by Crippen LogP contribution is -2.17. The fourth-order valence-corrected chi connectivity index (χ4v) is 2.13. The van der Waals surface area contributed by atoms with Crippen molar-refractivity contribution in [1.29, 1.82) is 0 Å². The Morgan fingerprint density at radius 3 is 3.11 bits per heavy atom. The summed E-state index contributed by atoms with van der Waals surface area (Å²) in [5.41, 5.74) is 0.727. The molecule has 0 radical (unpaired) electrons. The van der Waals surface area contributed by atoms with Gasteiger partial charge in [0.05, 0.1) is 5.56 Å². The number of amides is 1. The first kappa shape index (κ1) is 12.7. The number of carbonyl (C=O) groups excluding carboxylic acids is 1. The molecule has 0 unspecified atom stereocenters. The van der Waals surface area contributed by atoms with Crippen LogP contribution in [0.5, 0.6) is 0 Å². The van der Waals surface area contributed by atoms with Gasteiger partial charge >= 0.3 is 0 Å². The van der Waals surface area contributed by atoms with Crippen molar-refractivity contribution in [2.45, 2.75) is 13.8 Å². The minimum Gasteiger partial charge on any atom is -0.372 e. The van der Waals surface area contributed by atoms with E-state index in [1.54, 1.807) is 6.92 Å². The van der Waals surface area contributed by atoms with Gasteiger partial charge in [-0.25, -0.2) is 0 Å². The van der Waals surface area contributed by atoms with Crippen LogP contribution < -0.4 is 5.32 Å². The first-order chi connectivity index (χ1) is 8.70. The first-order valence-electron chi connectivity index (χ1n) is 5.46. The number of aromatic nitrogens is 2. The van der Waals surface area contributed by atoms with Gasteiger partial charge in [0.1, 0.15) is 11.6 Å². The molecule has 18 heavy (non-hydrogen) atoms. The molecule has 2 rings (SSSR count). The van der Waals surface area contributed by atoms with Gasteiger partial charge in [-0.15, -0.1) is 11.3 Å². The van der Waals surface area contributed by atoms with Crippen LogP contribution in [0.15, 0.2) is 16.0 Å². The number of aryl methyl sites for hydroxylation is 1. The normalized spacial score (nSPS) is 10.6. The molecule has 96 valence electrons. The summed E-state index contributed by atoms with van der Waals surface area (Å²) in [5, 5.41) is 9.02. The van der Waals surface area contributed by atoms with E-state index in [0.29, 0.717) is 23.3 Å². The van der Waals surface area contributed by atoms with Gasteiger partial charge in [-0.05, 0) is 25.3 Å². The number of ether oxygens (including phenoxy) is 1. The van der Waals surface area contributed by atoms with Crippen LogP contribution in [0.4, 0.5) is 5.00 Å². The molecule has 1 amide bonds. The van der Waals surface area contributed by atoms with E-state index in [1.807, 2.05) is 18.4 Å². The Morgan fingerprint density at radius 1 is 1.61 bits per heavy atom. The summed E-state index contributed by atoms with van der Waals surface area (Å²) < 4.78 is 10.1. The Labute approximate surface area is 108 Å². The van der Waals surface area contributed by atoms with Gasteiger partial charge in [0.25, 0.3) is 11.8 Å². The van der Waals surface area contributed by atoms with Crippen molar-refractivity contribution < 1.29 is 14.1 Å². The molecule has 0 saturated carbocycles. The van der Waals surface area contributed by atoms with E-state index in [0.717, 1.165) is 5.56 Å². The zero-order valence-electron chi connectivity index (χ0n) is 10.1. The molecule has 0 aliphatic heterocycles. The van der Waals surface area contributed by atoms with E-state index in [4.69, 9.17) is 9.26 Å². The summed E-state index contributed by atoms with van der Waals surface area (Å²) in [4.78, 5) is 15.7. The van der Waals surface area contributed by atoms with E-state index < -0.39 is 0 Å². The van der Waals surface area contributed by atoms with Crippen LogP contribution in [-0.2, 0) is 9.53 Å². The first-order valence-corrected chi connectivity index (χ1v) is 6.34. The maximum Gasteiger partial charge on any atom is 0.260 e. The molecule has 0 aliphatic rings. The van der Waals surface area contributed by atoms with Gasteiger partial charge in [0, 0.05) is 6.61 Å².